The normalized spacial score (nSPS) is 12.6. The molecule has 1 unspecified atom stereocenters. The number of benzene rings is 1. The maximum absolute atomic E-state index is 12.2. The van der Waals surface area contributed by atoms with Gasteiger partial charge in [-0.2, -0.15) is 8.78 Å². The summed E-state index contributed by atoms with van der Waals surface area (Å²) >= 11 is 8.82. The number of rotatable bonds is 4. The number of ether oxygens (including phenoxy) is 1. The predicted molar refractivity (Wildman–Crippen MR) is 60.4 cm³/mol. The zero-order valence-corrected chi connectivity index (χ0v) is 10.6. The van der Waals surface area contributed by atoms with Crippen LogP contribution in [0.4, 0.5) is 8.78 Å². The summed E-state index contributed by atoms with van der Waals surface area (Å²) in [5.41, 5.74) is 0.292. The van der Waals surface area contributed by atoms with Crippen LogP contribution in [0, 0.1) is 0 Å². The lowest BCUT2D eigenvalue weighted by Crippen LogP contribution is -2.08. The topological polar surface area (TPSA) is 26.3 Å². The predicted octanol–water partition coefficient (Wildman–Crippen LogP) is 3.97. The number of hydrogen-bond donors (Lipinski definition) is 0. The largest absolute Gasteiger partial charge is 0.433 e. The first kappa shape index (κ1) is 13.4. The van der Waals surface area contributed by atoms with Crippen LogP contribution in [0.1, 0.15) is 17.3 Å². The van der Waals surface area contributed by atoms with Crippen LogP contribution < -0.4 is 4.74 Å². The van der Waals surface area contributed by atoms with Gasteiger partial charge in [-0.05, 0) is 13.0 Å². The highest BCUT2D eigenvalue weighted by Crippen LogP contribution is 2.37. The number of ketones is 1. The second-order valence-electron chi connectivity index (χ2n) is 3.01. The Balaban J connectivity index is 3.17. The Morgan fingerprint density at radius 2 is 2.12 bits per heavy atom. The summed E-state index contributed by atoms with van der Waals surface area (Å²) in [4.78, 5) is 10.5. The first-order valence-corrected chi connectivity index (χ1v) is 5.60. The molecule has 0 fully saturated rings. The van der Waals surface area contributed by atoms with Crippen LogP contribution in [-0.2, 0) is 4.79 Å². The Labute approximate surface area is 105 Å². The maximum Gasteiger partial charge on any atom is 0.387 e. The van der Waals surface area contributed by atoms with E-state index in [0.29, 0.717) is 5.56 Å². The van der Waals surface area contributed by atoms with Gasteiger partial charge in [0, 0.05) is 5.56 Å². The molecule has 0 aliphatic rings. The minimum Gasteiger partial charge on any atom is -0.433 e. The number of carbonyl (C=O) groups is 1. The van der Waals surface area contributed by atoms with Crippen LogP contribution >= 0.6 is 27.5 Å². The van der Waals surface area contributed by atoms with E-state index < -0.39 is 11.4 Å². The summed E-state index contributed by atoms with van der Waals surface area (Å²) < 4.78 is 28.6. The van der Waals surface area contributed by atoms with E-state index in [-0.39, 0.29) is 16.6 Å². The molecule has 1 atom stereocenters. The van der Waals surface area contributed by atoms with Crippen molar-refractivity contribution in [2.75, 3.05) is 0 Å². The molecule has 0 N–H and O–H groups in total. The fourth-order valence-electron chi connectivity index (χ4n) is 1.16. The van der Waals surface area contributed by atoms with Gasteiger partial charge in [0.05, 0.1) is 5.02 Å². The van der Waals surface area contributed by atoms with Gasteiger partial charge in [-0.25, -0.2) is 0 Å². The number of Topliss-reactive ketones (excluding diaryl/α,β-unsaturated/α-hetero) is 1. The molecule has 2 nitrogen and oxygen atoms in total. The quantitative estimate of drug-likeness (QED) is 0.786. The van der Waals surface area contributed by atoms with Gasteiger partial charge in [0.1, 0.15) is 16.4 Å². The third kappa shape index (κ3) is 3.15. The smallest absolute Gasteiger partial charge is 0.387 e. The van der Waals surface area contributed by atoms with Crippen LogP contribution in [0.3, 0.4) is 0 Å². The van der Waals surface area contributed by atoms with Crippen LogP contribution in [0.2, 0.25) is 5.02 Å². The highest BCUT2D eigenvalue weighted by molar-refractivity contribution is 9.09. The molecule has 0 heterocycles. The number of carbonyl (C=O) groups excluding carboxylic acids is 1. The Morgan fingerprint density at radius 1 is 1.50 bits per heavy atom. The molecule has 88 valence electrons. The average Bonchev–Trinajstić information content (AvgIpc) is 2.19. The zero-order valence-electron chi connectivity index (χ0n) is 8.22. The molecule has 0 radical (unpaired) electrons. The highest BCUT2D eigenvalue weighted by Gasteiger charge is 2.21. The number of para-hydroxylation sites is 1. The molecule has 0 amide bonds. The molecule has 0 aliphatic heterocycles. The van der Waals surface area contributed by atoms with E-state index in [0.717, 1.165) is 0 Å². The van der Waals surface area contributed by atoms with Gasteiger partial charge in [-0.1, -0.05) is 39.7 Å². The zero-order chi connectivity index (χ0) is 12.3. The lowest BCUT2D eigenvalue weighted by atomic mass is 10.1. The molecular weight excluding hydrogens is 305 g/mol. The van der Waals surface area contributed by atoms with Gasteiger partial charge in [-0.3, -0.25) is 4.79 Å². The van der Waals surface area contributed by atoms with E-state index in [2.05, 4.69) is 20.7 Å². The SMILES string of the molecule is CC(=O)C(Br)c1cccc(Cl)c1OC(F)F. The fraction of sp³-hybridized carbons (Fsp3) is 0.300. The Bertz CT molecular complexity index is 398. The van der Waals surface area contributed by atoms with Gasteiger partial charge >= 0.3 is 6.61 Å². The summed E-state index contributed by atoms with van der Waals surface area (Å²) in [6.45, 7) is -1.64. The summed E-state index contributed by atoms with van der Waals surface area (Å²) in [6, 6.07) is 4.49. The van der Waals surface area contributed by atoms with Crippen LogP contribution in [0.15, 0.2) is 18.2 Å². The van der Waals surface area contributed by atoms with Gasteiger partial charge < -0.3 is 4.74 Å². The Morgan fingerprint density at radius 3 is 2.62 bits per heavy atom. The monoisotopic (exact) mass is 312 g/mol. The lowest BCUT2D eigenvalue weighted by molar-refractivity contribution is -0.116. The van der Waals surface area contributed by atoms with E-state index in [1.807, 2.05) is 0 Å². The summed E-state index contributed by atoms with van der Waals surface area (Å²) in [5.74, 6) is -0.391. The van der Waals surface area contributed by atoms with Crippen molar-refractivity contribution in [1.82, 2.24) is 0 Å². The Kier molecular flexibility index (Phi) is 4.68. The second-order valence-corrected chi connectivity index (χ2v) is 4.33. The summed E-state index contributed by atoms with van der Waals surface area (Å²) in [7, 11) is 0. The maximum atomic E-state index is 12.2. The number of hydrogen-bond acceptors (Lipinski definition) is 2. The second kappa shape index (κ2) is 5.59. The van der Waals surface area contributed by atoms with E-state index in [9.17, 15) is 13.6 Å². The van der Waals surface area contributed by atoms with Crippen LogP contribution in [-0.4, -0.2) is 12.4 Å². The van der Waals surface area contributed by atoms with Crippen LogP contribution in [0.5, 0.6) is 5.75 Å². The van der Waals surface area contributed by atoms with E-state index in [1.165, 1.54) is 19.1 Å². The molecule has 0 aliphatic carbocycles. The molecule has 0 saturated carbocycles. The molecule has 6 heteroatoms. The average molecular weight is 314 g/mol. The molecule has 0 aromatic heterocycles. The molecule has 1 rings (SSSR count). The molecular formula is C10H8BrClF2O2. The van der Waals surface area contributed by atoms with Crippen molar-refractivity contribution in [2.45, 2.75) is 18.4 Å². The van der Waals surface area contributed by atoms with Gasteiger partial charge in [0.25, 0.3) is 0 Å². The molecule has 16 heavy (non-hydrogen) atoms. The van der Waals surface area contributed by atoms with Crippen molar-refractivity contribution in [3.05, 3.63) is 28.8 Å². The van der Waals surface area contributed by atoms with Crippen molar-refractivity contribution in [3.8, 4) is 5.75 Å². The van der Waals surface area contributed by atoms with Gasteiger partial charge in [0.2, 0.25) is 0 Å². The fourth-order valence-corrected chi connectivity index (χ4v) is 1.74. The van der Waals surface area contributed by atoms with E-state index in [4.69, 9.17) is 11.6 Å². The first-order valence-electron chi connectivity index (χ1n) is 4.31. The summed E-state index contributed by atoms with van der Waals surface area (Å²) in [6.07, 6.45) is 0. The molecule has 0 spiro atoms. The standard InChI is InChI=1S/C10H8BrClF2O2/c1-5(15)8(11)6-3-2-4-7(12)9(6)16-10(13)14/h2-4,8,10H,1H3. The van der Waals surface area contributed by atoms with Crippen molar-refractivity contribution < 1.29 is 18.3 Å². The van der Waals surface area contributed by atoms with Crippen molar-refractivity contribution in [3.63, 3.8) is 0 Å². The molecule has 0 bridgehead atoms. The third-order valence-corrected chi connectivity index (χ3v) is 3.27. The van der Waals surface area contributed by atoms with Crippen LogP contribution in [0.25, 0.3) is 0 Å². The minimum absolute atomic E-state index is 0.0449. The molecule has 0 saturated heterocycles. The molecule has 1 aromatic carbocycles. The number of alkyl halides is 3. The van der Waals surface area contributed by atoms with Gasteiger partial charge in [0.15, 0.2) is 0 Å². The first-order chi connectivity index (χ1) is 7.43. The van der Waals surface area contributed by atoms with Crippen molar-refractivity contribution in [1.29, 1.82) is 0 Å². The highest BCUT2D eigenvalue weighted by atomic mass is 79.9. The van der Waals surface area contributed by atoms with E-state index >= 15 is 0 Å². The lowest BCUT2D eigenvalue weighted by Gasteiger charge is -2.14. The van der Waals surface area contributed by atoms with Crippen molar-refractivity contribution in [2.24, 2.45) is 0 Å². The van der Waals surface area contributed by atoms with Gasteiger partial charge in [-0.15, -0.1) is 0 Å². The molecule has 1 aromatic rings. The summed E-state index contributed by atoms with van der Waals surface area (Å²) in [5, 5.41) is 0.0449. The number of halogens is 4. The van der Waals surface area contributed by atoms with Crippen molar-refractivity contribution >= 4 is 33.3 Å². The minimum atomic E-state index is -2.98. The van der Waals surface area contributed by atoms with E-state index in [1.54, 1.807) is 6.07 Å². The Hall–Kier alpha value is -0.680. The third-order valence-electron chi connectivity index (χ3n) is 1.83.